The Kier molecular flexibility index (Phi) is 5.41. The van der Waals surface area contributed by atoms with Gasteiger partial charge in [-0.15, -0.1) is 0 Å². The Labute approximate surface area is 199 Å². The monoisotopic (exact) mass is 503 g/mol. The number of sulfonamides is 1. The molecule has 2 aliphatic rings. The largest absolute Gasteiger partial charge is 0.454 e. The average Bonchev–Trinajstić information content (AvgIpc) is 3.49. The highest BCUT2D eigenvalue weighted by atomic mass is 32.2. The summed E-state index contributed by atoms with van der Waals surface area (Å²) in [5.74, 6) is 0.967. The second kappa shape index (κ2) is 8.10. The number of carbonyl (C=O) groups is 1. The zero-order valence-corrected chi connectivity index (χ0v) is 19.1. The zero-order chi connectivity index (χ0) is 25.0. The van der Waals surface area contributed by atoms with E-state index in [0.717, 1.165) is 17.7 Å². The summed E-state index contributed by atoms with van der Waals surface area (Å²) in [6, 6.07) is 14.0. The molecule has 3 aromatic rings. The van der Waals surface area contributed by atoms with Crippen molar-refractivity contribution in [1.29, 1.82) is 0 Å². The second-order valence-electron chi connectivity index (χ2n) is 8.70. The standard InChI is InChI=1S/C25H20F3NO5S/c26-25(27,28)20-10-15(4-6-19(20)16-2-1-3-18(12-16)35(29,31)32)11-23(30)24(8-9-24)17-5-7-21-22(13-17)34-14-33-21/h1-7,10,12-13H,8-9,11,14H2,(H2,29,31,32). The zero-order valence-electron chi connectivity index (χ0n) is 18.3. The lowest BCUT2D eigenvalue weighted by Crippen LogP contribution is -2.22. The van der Waals surface area contributed by atoms with Crippen molar-refractivity contribution in [3.63, 3.8) is 0 Å². The maximum atomic E-state index is 14.0. The quantitative estimate of drug-likeness (QED) is 0.531. The number of hydrogen-bond acceptors (Lipinski definition) is 5. The lowest BCUT2D eigenvalue weighted by Gasteiger charge is -2.18. The van der Waals surface area contributed by atoms with Crippen molar-refractivity contribution >= 4 is 15.8 Å². The van der Waals surface area contributed by atoms with Crippen LogP contribution < -0.4 is 14.6 Å². The number of alkyl halides is 3. The minimum Gasteiger partial charge on any atom is -0.454 e. The van der Waals surface area contributed by atoms with E-state index in [-0.39, 0.29) is 40.6 Å². The van der Waals surface area contributed by atoms with Crippen molar-refractivity contribution in [2.75, 3.05) is 6.79 Å². The number of carbonyl (C=O) groups excluding carboxylic acids is 1. The van der Waals surface area contributed by atoms with E-state index in [1.54, 1.807) is 18.2 Å². The van der Waals surface area contributed by atoms with Crippen LogP contribution in [0.1, 0.15) is 29.5 Å². The molecule has 0 unspecified atom stereocenters. The Morgan fingerprint density at radius 2 is 1.71 bits per heavy atom. The van der Waals surface area contributed by atoms with E-state index in [9.17, 15) is 26.4 Å². The summed E-state index contributed by atoms with van der Waals surface area (Å²) < 4.78 is 75.9. The van der Waals surface area contributed by atoms with Gasteiger partial charge in [0.05, 0.1) is 15.9 Å². The summed E-state index contributed by atoms with van der Waals surface area (Å²) in [5, 5.41) is 5.13. The Morgan fingerprint density at radius 3 is 2.40 bits per heavy atom. The van der Waals surface area contributed by atoms with Crippen LogP contribution in [0.2, 0.25) is 0 Å². The van der Waals surface area contributed by atoms with Crippen molar-refractivity contribution in [2.45, 2.75) is 35.7 Å². The fourth-order valence-corrected chi connectivity index (χ4v) is 4.99. The lowest BCUT2D eigenvalue weighted by atomic mass is 9.87. The first kappa shape index (κ1) is 23.4. The van der Waals surface area contributed by atoms with Crippen molar-refractivity contribution in [1.82, 2.24) is 0 Å². The number of rotatable bonds is 6. The molecular weight excluding hydrogens is 483 g/mol. The smallest absolute Gasteiger partial charge is 0.417 e. The molecule has 0 spiro atoms. The fraction of sp³-hybridized carbons (Fsp3) is 0.240. The minimum atomic E-state index is -4.72. The molecule has 0 radical (unpaired) electrons. The molecule has 1 aliphatic carbocycles. The number of ketones is 1. The SMILES string of the molecule is NS(=O)(=O)c1cccc(-c2ccc(CC(=O)C3(c4ccc5c(c4)OCO5)CC3)cc2C(F)(F)F)c1. The summed E-state index contributed by atoms with van der Waals surface area (Å²) >= 11 is 0. The Bertz CT molecular complexity index is 1450. The highest BCUT2D eigenvalue weighted by molar-refractivity contribution is 7.89. The van der Waals surface area contributed by atoms with Gasteiger partial charge in [-0.05, 0) is 65.4 Å². The second-order valence-corrected chi connectivity index (χ2v) is 10.3. The Balaban J connectivity index is 1.46. The highest BCUT2D eigenvalue weighted by Gasteiger charge is 2.51. The van der Waals surface area contributed by atoms with E-state index in [1.807, 2.05) is 0 Å². The van der Waals surface area contributed by atoms with Gasteiger partial charge < -0.3 is 9.47 Å². The molecule has 10 heteroatoms. The van der Waals surface area contributed by atoms with Gasteiger partial charge in [-0.2, -0.15) is 13.2 Å². The third-order valence-corrected chi connectivity index (χ3v) is 7.35. The van der Waals surface area contributed by atoms with Crippen LogP contribution in [-0.4, -0.2) is 21.0 Å². The topological polar surface area (TPSA) is 95.7 Å². The van der Waals surface area contributed by atoms with E-state index in [1.165, 1.54) is 30.3 Å². The van der Waals surface area contributed by atoms with Gasteiger partial charge in [0.2, 0.25) is 16.8 Å². The van der Waals surface area contributed by atoms with Gasteiger partial charge in [0.15, 0.2) is 11.5 Å². The van der Waals surface area contributed by atoms with Crippen LogP contribution in [0.15, 0.2) is 65.6 Å². The molecular formula is C25H20F3NO5S. The van der Waals surface area contributed by atoms with E-state index in [4.69, 9.17) is 14.6 Å². The molecule has 0 amide bonds. The first-order valence-electron chi connectivity index (χ1n) is 10.7. The third kappa shape index (κ3) is 4.39. The van der Waals surface area contributed by atoms with Crippen LogP contribution in [0.3, 0.4) is 0 Å². The first-order chi connectivity index (χ1) is 16.5. The maximum absolute atomic E-state index is 14.0. The number of Topliss-reactive ketones (excluding diaryl/α,β-unsaturated/α-hetero) is 1. The Hall–Kier alpha value is -3.37. The maximum Gasteiger partial charge on any atom is 0.417 e. The van der Waals surface area contributed by atoms with Crippen molar-refractivity contribution in [2.24, 2.45) is 5.14 Å². The molecule has 0 atom stereocenters. The Morgan fingerprint density at radius 1 is 0.971 bits per heavy atom. The molecule has 3 aromatic carbocycles. The summed E-state index contributed by atoms with van der Waals surface area (Å²) in [5.41, 5.74) is -0.860. The molecule has 2 N–H and O–H groups in total. The molecule has 0 bridgehead atoms. The molecule has 1 saturated carbocycles. The van der Waals surface area contributed by atoms with Gasteiger partial charge in [0.25, 0.3) is 0 Å². The third-order valence-electron chi connectivity index (χ3n) is 6.44. The molecule has 5 rings (SSSR count). The van der Waals surface area contributed by atoms with Gasteiger partial charge >= 0.3 is 6.18 Å². The summed E-state index contributed by atoms with van der Waals surface area (Å²) in [4.78, 5) is 12.9. The summed E-state index contributed by atoms with van der Waals surface area (Å²) in [6.45, 7) is 0.104. The molecule has 1 heterocycles. The van der Waals surface area contributed by atoms with Gasteiger partial charge in [-0.1, -0.05) is 30.3 Å². The number of halogens is 3. The molecule has 1 aliphatic heterocycles. The number of nitrogens with two attached hydrogens (primary N) is 1. The number of hydrogen-bond donors (Lipinski definition) is 1. The van der Waals surface area contributed by atoms with E-state index in [0.29, 0.717) is 24.3 Å². The van der Waals surface area contributed by atoms with E-state index >= 15 is 0 Å². The highest BCUT2D eigenvalue weighted by Crippen LogP contribution is 2.51. The van der Waals surface area contributed by atoms with Crippen LogP contribution in [0, 0.1) is 0 Å². The molecule has 6 nitrogen and oxygen atoms in total. The predicted octanol–water partition coefficient (Wildman–Crippen LogP) is 4.59. The normalized spacial score (nSPS) is 16.2. The minimum absolute atomic E-state index is 0.0562. The van der Waals surface area contributed by atoms with E-state index in [2.05, 4.69) is 0 Å². The number of ether oxygens (including phenoxy) is 2. The number of fused-ring (bicyclic) bond motifs is 1. The van der Waals surface area contributed by atoms with Crippen LogP contribution in [0.4, 0.5) is 13.2 Å². The van der Waals surface area contributed by atoms with Crippen LogP contribution in [0.25, 0.3) is 11.1 Å². The summed E-state index contributed by atoms with van der Waals surface area (Å²) in [6.07, 6.45) is -3.68. The van der Waals surface area contributed by atoms with Gasteiger partial charge in [-0.25, -0.2) is 13.6 Å². The number of primary sulfonamides is 1. The summed E-state index contributed by atoms with van der Waals surface area (Å²) in [7, 11) is -4.09. The van der Waals surface area contributed by atoms with E-state index < -0.39 is 27.2 Å². The first-order valence-corrected chi connectivity index (χ1v) is 12.3. The predicted molar refractivity (Wildman–Crippen MR) is 120 cm³/mol. The average molecular weight is 503 g/mol. The number of benzene rings is 3. The molecule has 182 valence electrons. The van der Waals surface area contributed by atoms with Crippen molar-refractivity contribution < 1.29 is 35.9 Å². The van der Waals surface area contributed by atoms with Crippen LogP contribution in [-0.2, 0) is 32.8 Å². The molecule has 35 heavy (non-hydrogen) atoms. The fourth-order valence-electron chi connectivity index (χ4n) is 4.43. The molecule has 0 saturated heterocycles. The van der Waals surface area contributed by atoms with Crippen molar-refractivity contribution in [3.05, 3.63) is 77.4 Å². The van der Waals surface area contributed by atoms with Crippen molar-refractivity contribution in [3.8, 4) is 22.6 Å². The van der Waals surface area contributed by atoms with Gasteiger partial charge in [0.1, 0.15) is 5.78 Å². The lowest BCUT2D eigenvalue weighted by molar-refractivity contribution is -0.137. The van der Waals surface area contributed by atoms with Gasteiger partial charge in [-0.3, -0.25) is 4.79 Å². The van der Waals surface area contributed by atoms with Gasteiger partial charge in [0, 0.05) is 6.42 Å². The van der Waals surface area contributed by atoms with Crippen LogP contribution >= 0.6 is 0 Å². The molecule has 0 aromatic heterocycles. The van der Waals surface area contributed by atoms with Crippen LogP contribution in [0.5, 0.6) is 11.5 Å². The molecule has 1 fully saturated rings.